The minimum absolute atomic E-state index is 0.174. The first kappa shape index (κ1) is 13.2. The Kier molecular flexibility index (Phi) is 3.91. The molecule has 4 nitrogen and oxygen atoms in total. The Morgan fingerprint density at radius 3 is 2.58 bits per heavy atom. The van der Waals surface area contributed by atoms with Gasteiger partial charge < -0.3 is 14.8 Å². The van der Waals surface area contributed by atoms with Gasteiger partial charge in [-0.2, -0.15) is 0 Å². The van der Waals surface area contributed by atoms with Crippen molar-refractivity contribution in [2.45, 2.75) is 6.10 Å². The Labute approximate surface area is 107 Å². The molecule has 0 radical (unpaired) electrons. The highest BCUT2D eigenvalue weighted by Crippen LogP contribution is 2.14. The topological polar surface area (TPSA) is 62.5 Å². The Bertz CT molecular complexity index is 549. The summed E-state index contributed by atoms with van der Waals surface area (Å²) < 4.78 is 31.4. The van der Waals surface area contributed by atoms with E-state index in [1.165, 1.54) is 24.7 Å². The van der Waals surface area contributed by atoms with Gasteiger partial charge in [0, 0.05) is 12.1 Å². The van der Waals surface area contributed by atoms with Crippen LogP contribution in [0.4, 0.5) is 8.78 Å². The van der Waals surface area contributed by atoms with Gasteiger partial charge in [0.1, 0.15) is 17.2 Å². The van der Waals surface area contributed by atoms with Crippen LogP contribution in [0.25, 0.3) is 0 Å². The molecule has 0 bridgehead atoms. The molecule has 0 aliphatic rings. The number of amides is 1. The molecular formula is C13H11F2NO3. The molecule has 0 saturated carbocycles. The third-order valence-corrected chi connectivity index (χ3v) is 2.57. The fourth-order valence-electron chi connectivity index (χ4n) is 1.57. The van der Waals surface area contributed by atoms with Crippen LogP contribution in [0.3, 0.4) is 0 Å². The molecular weight excluding hydrogens is 256 g/mol. The van der Waals surface area contributed by atoms with Gasteiger partial charge in [-0.1, -0.05) is 6.07 Å². The lowest BCUT2D eigenvalue weighted by molar-refractivity contribution is 0.0907. The number of halogens is 2. The quantitative estimate of drug-likeness (QED) is 0.890. The summed E-state index contributed by atoms with van der Waals surface area (Å²) in [6, 6.07) is 4.68. The molecule has 0 spiro atoms. The SMILES string of the molecule is O=C(NC[C@H](O)c1ccoc1)c1c(F)cccc1F. The molecule has 2 aromatic rings. The molecule has 1 amide bonds. The molecule has 0 saturated heterocycles. The van der Waals surface area contributed by atoms with Gasteiger partial charge in [-0.15, -0.1) is 0 Å². The fraction of sp³-hybridized carbons (Fsp3) is 0.154. The summed E-state index contributed by atoms with van der Waals surface area (Å²) >= 11 is 0. The van der Waals surface area contributed by atoms with E-state index in [9.17, 15) is 18.7 Å². The van der Waals surface area contributed by atoms with Crippen molar-refractivity contribution in [1.29, 1.82) is 0 Å². The number of benzene rings is 1. The van der Waals surface area contributed by atoms with Gasteiger partial charge in [0.15, 0.2) is 0 Å². The molecule has 1 aromatic heterocycles. The van der Waals surface area contributed by atoms with Crippen LogP contribution >= 0.6 is 0 Å². The van der Waals surface area contributed by atoms with Crippen molar-refractivity contribution in [1.82, 2.24) is 5.32 Å². The van der Waals surface area contributed by atoms with Crippen molar-refractivity contribution in [3.63, 3.8) is 0 Å². The maximum absolute atomic E-state index is 13.3. The molecule has 2 rings (SSSR count). The number of hydrogen-bond donors (Lipinski definition) is 2. The molecule has 6 heteroatoms. The number of carbonyl (C=O) groups is 1. The Hall–Kier alpha value is -2.21. The van der Waals surface area contributed by atoms with Gasteiger partial charge in [0.25, 0.3) is 5.91 Å². The highest BCUT2D eigenvalue weighted by Gasteiger charge is 2.18. The number of aliphatic hydroxyl groups is 1. The van der Waals surface area contributed by atoms with Crippen LogP contribution in [0.2, 0.25) is 0 Å². The molecule has 100 valence electrons. The molecule has 2 N–H and O–H groups in total. The maximum Gasteiger partial charge on any atom is 0.257 e. The van der Waals surface area contributed by atoms with E-state index in [4.69, 9.17) is 4.42 Å². The molecule has 1 heterocycles. The van der Waals surface area contributed by atoms with E-state index < -0.39 is 29.2 Å². The van der Waals surface area contributed by atoms with Crippen molar-refractivity contribution < 1.29 is 23.1 Å². The van der Waals surface area contributed by atoms with Crippen molar-refractivity contribution in [2.75, 3.05) is 6.54 Å². The fourth-order valence-corrected chi connectivity index (χ4v) is 1.57. The lowest BCUT2D eigenvalue weighted by Crippen LogP contribution is -2.29. The number of hydrogen-bond acceptors (Lipinski definition) is 3. The number of nitrogens with one attached hydrogen (secondary N) is 1. The van der Waals surface area contributed by atoms with Crippen LogP contribution in [0, 0.1) is 11.6 Å². The van der Waals surface area contributed by atoms with E-state index >= 15 is 0 Å². The van der Waals surface area contributed by atoms with Crippen LogP contribution in [0.1, 0.15) is 22.0 Å². The molecule has 1 atom stereocenters. The minimum Gasteiger partial charge on any atom is -0.472 e. The van der Waals surface area contributed by atoms with Gasteiger partial charge in [-0.25, -0.2) is 8.78 Å². The summed E-state index contributed by atoms with van der Waals surface area (Å²) in [5.41, 5.74) is -0.198. The summed E-state index contributed by atoms with van der Waals surface area (Å²) in [6.45, 7) is -0.174. The zero-order valence-corrected chi connectivity index (χ0v) is 9.77. The third-order valence-electron chi connectivity index (χ3n) is 2.57. The monoisotopic (exact) mass is 267 g/mol. The van der Waals surface area contributed by atoms with E-state index in [0.29, 0.717) is 5.56 Å². The second kappa shape index (κ2) is 5.62. The van der Waals surface area contributed by atoms with Crippen LogP contribution < -0.4 is 5.32 Å². The Balaban J connectivity index is 2.02. The lowest BCUT2D eigenvalue weighted by Gasteiger charge is -2.10. The van der Waals surface area contributed by atoms with Gasteiger partial charge in [0.05, 0.1) is 18.6 Å². The van der Waals surface area contributed by atoms with Crippen molar-refractivity contribution in [3.8, 4) is 0 Å². The lowest BCUT2D eigenvalue weighted by atomic mass is 10.1. The molecule has 19 heavy (non-hydrogen) atoms. The van der Waals surface area contributed by atoms with Gasteiger partial charge in [0.2, 0.25) is 0 Å². The Morgan fingerprint density at radius 2 is 2.00 bits per heavy atom. The Morgan fingerprint density at radius 1 is 1.32 bits per heavy atom. The standard InChI is InChI=1S/C13H11F2NO3/c14-9-2-1-3-10(15)12(9)13(18)16-6-11(17)8-4-5-19-7-8/h1-5,7,11,17H,6H2,(H,16,18)/t11-/m0/s1. The summed E-state index contributed by atoms with van der Waals surface area (Å²) in [5, 5.41) is 11.9. The first-order valence-electron chi connectivity index (χ1n) is 5.52. The molecule has 0 fully saturated rings. The smallest absolute Gasteiger partial charge is 0.257 e. The summed E-state index contributed by atoms with van der Waals surface area (Å²) in [5.74, 6) is -2.82. The zero-order valence-electron chi connectivity index (χ0n) is 9.77. The summed E-state index contributed by atoms with van der Waals surface area (Å²) in [7, 11) is 0. The van der Waals surface area contributed by atoms with E-state index in [-0.39, 0.29) is 6.54 Å². The largest absolute Gasteiger partial charge is 0.472 e. The van der Waals surface area contributed by atoms with Crippen molar-refractivity contribution >= 4 is 5.91 Å². The summed E-state index contributed by atoms with van der Waals surface area (Å²) in [4.78, 5) is 11.6. The molecule has 0 aliphatic carbocycles. The number of furan rings is 1. The number of carbonyl (C=O) groups excluding carboxylic acids is 1. The third kappa shape index (κ3) is 2.97. The second-order valence-electron chi connectivity index (χ2n) is 3.88. The molecule has 0 unspecified atom stereocenters. The first-order chi connectivity index (χ1) is 9.09. The van der Waals surface area contributed by atoms with Gasteiger partial charge in [-0.05, 0) is 18.2 Å². The maximum atomic E-state index is 13.3. The minimum atomic E-state index is -1.00. The summed E-state index contributed by atoms with van der Waals surface area (Å²) in [6.07, 6.45) is 1.69. The van der Waals surface area contributed by atoms with Crippen molar-refractivity contribution in [2.24, 2.45) is 0 Å². The van der Waals surface area contributed by atoms with Crippen LogP contribution in [-0.2, 0) is 0 Å². The zero-order chi connectivity index (χ0) is 13.8. The van der Waals surface area contributed by atoms with Gasteiger partial charge >= 0.3 is 0 Å². The highest BCUT2D eigenvalue weighted by molar-refractivity contribution is 5.94. The van der Waals surface area contributed by atoms with Gasteiger partial charge in [-0.3, -0.25) is 4.79 Å². The van der Waals surface area contributed by atoms with Crippen LogP contribution in [0.5, 0.6) is 0 Å². The molecule has 0 aliphatic heterocycles. The van der Waals surface area contributed by atoms with Crippen LogP contribution in [-0.4, -0.2) is 17.6 Å². The first-order valence-corrected chi connectivity index (χ1v) is 5.52. The van der Waals surface area contributed by atoms with Crippen molar-refractivity contribution in [3.05, 3.63) is 59.6 Å². The van der Waals surface area contributed by atoms with E-state index in [1.807, 2.05) is 0 Å². The normalized spacial score (nSPS) is 12.2. The van der Waals surface area contributed by atoms with E-state index in [0.717, 1.165) is 12.1 Å². The average molecular weight is 267 g/mol. The molecule has 1 aromatic carbocycles. The van der Waals surface area contributed by atoms with E-state index in [1.54, 1.807) is 0 Å². The second-order valence-corrected chi connectivity index (χ2v) is 3.88. The van der Waals surface area contributed by atoms with E-state index in [2.05, 4.69) is 5.32 Å². The highest BCUT2D eigenvalue weighted by atomic mass is 19.1. The predicted molar refractivity (Wildman–Crippen MR) is 62.4 cm³/mol. The predicted octanol–water partition coefficient (Wildman–Crippen LogP) is 2.02. The number of aliphatic hydroxyl groups excluding tert-OH is 1. The number of rotatable bonds is 4. The average Bonchev–Trinajstić information content (AvgIpc) is 2.89. The van der Waals surface area contributed by atoms with Crippen LogP contribution in [0.15, 0.2) is 41.2 Å².